The van der Waals surface area contributed by atoms with Crippen LogP contribution < -0.4 is 5.32 Å². The number of sulfone groups is 1. The molecule has 0 spiro atoms. The molecule has 134 valence electrons. The second-order valence-corrected chi connectivity index (χ2v) is 8.37. The van der Waals surface area contributed by atoms with E-state index in [2.05, 4.69) is 5.32 Å². The van der Waals surface area contributed by atoms with Crippen LogP contribution in [0.15, 0.2) is 47.4 Å². The molecule has 0 unspecified atom stereocenters. The van der Waals surface area contributed by atoms with Crippen molar-refractivity contribution in [3.05, 3.63) is 65.2 Å². The van der Waals surface area contributed by atoms with E-state index in [9.17, 15) is 22.0 Å². The molecule has 1 N–H and O–H groups in total. The first-order chi connectivity index (χ1) is 11.7. The quantitative estimate of drug-likeness (QED) is 0.798. The third-order valence-corrected chi connectivity index (χ3v) is 5.90. The zero-order valence-corrected chi connectivity index (χ0v) is 14.7. The van der Waals surface area contributed by atoms with Crippen LogP contribution >= 0.6 is 0 Å². The molecule has 0 saturated carbocycles. The van der Waals surface area contributed by atoms with Crippen molar-refractivity contribution >= 4 is 15.7 Å². The van der Waals surface area contributed by atoms with E-state index in [-0.39, 0.29) is 22.8 Å². The smallest absolute Gasteiger partial charge is 0.254 e. The van der Waals surface area contributed by atoms with E-state index in [0.29, 0.717) is 6.42 Å². The lowest BCUT2D eigenvalue weighted by Crippen LogP contribution is -2.27. The molecule has 4 nitrogen and oxygen atoms in total. The molecule has 0 saturated heterocycles. The Labute approximate surface area is 145 Å². The average Bonchev–Trinajstić information content (AvgIpc) is 2.56. The maximum absolute atomic E-state index is 13.9. The van der Waals surface area contributed by atoms with E-state index >= 15 is 0 Å². The summed E-state index contributed by atoms with van der Waals surface area (Å²) in [6.07, 6.45) is 0.442. The molecule has 0 atom stereocenters. The minimum absolute atomic E-state index is 0.0902. The van der Waals surface area contributed by atoms with Crippen molar-refractivity contribution in [3.63, 3.8) is 0 Å². The van der Waals surface area contributed by atoms with Gasteiger partial charge in [-0.05, 0) is 56.2 Å². The first kappa shape index (κ1) is 19.1. The molecule has 0 aromatic heterocycles. The summed E-state index contributed by atoms with van der Waals surface area (Å²) in [6.45, 7) is 3.24. The van der Waals surface area contributed by atoms with E-state index in [4.69, 9.17) is 0 Å². The molecule has 1 amide bonds. The summed E-state index contributed by atoms with van der Waals surface area (Å²) in [5, 5.41) is 1.87. The first-order valence-corrected chi connectivity index (χ1v) is 9.32. The third kappa shape index (κ3) is 4.63. The predicted octanol–water partition coefficient (Wildman–Crippen LogP) is 3.12. The molecular weight excluding hydrogens is 348 g/mol. The molecule has 2 aromatic rings. The molecule has 0 aliphatic heterocycles. The van der Waals surface area contributed by atoms with Gasteiger partial charge in [-0.3, -0.25) is 4.79 Å². The second kappa shape index (κ2) is 7.74. The molecular formula is C18H19F2NO3S. The molecule has 2 aromatic carbocycles. The highest BCUT2D eigenvalue weighted by Crippen LogP contribution is 2.19. The number of hydrogen-bond acceptors (Lipinski definition) is 3. The Morgan fingerprint density at radius 1 is 1.08 bits per heavy atom. The lowest BCUT2D eigenvalue weighted by Gasteiger charge is -2.11. The summed E-state index contributed by atoms with van der Waals surface area (Å²) in [5.74, 6) is -1.83. The number of carbonyl (C=O) groups excluding carboxylic acids is 1. The fraction of sp³-hybridized carbons (Fsp3) is 0.278. The van der Waals surface area contributed by atoms with Crippen LogP contribution in [0.5, 0.6) is 0 Å². The van der Waals surface area contributed by atoms with Gasteiger partial charge in [-0.2, -0.15) is 0 Å². The summed E-state index contributed by atoms with van der Waals surface area (Å²) >= 11 is 0. The highest BCUT2D eigenvalue weighted by molar-refractivity contribution is 7.92. The van der Waals surface area contributed by atoms with Gasteiger partial charge in [0.2, 0.25) is 0 Å². The number of nitrogens with one attached hydrogen (secondary N) is 1. The molecule has 0 heterocycles. The van der Waals surface area contributed by atoms with Crippen molar-refractivity contribution in [1.82, 2.24) is 5.32 Å². The molecule has 0 bridgehead atoms. The molecule has 7 heteroatoms. The number of carbonyl (C=O) groups is 1. The lowest BCUT2D eigenvalue weighted by molar-refractivity contribution is 0.0950. The Hall–Kier alpha value is -2.28. The van der Waals surface area contributed by atoms with Crippen LogP contribution in [-0.4, -0.2) is 26.1 Å². The highest BCUT2D eigenvalue weighted by atomic mass is 32.2. The summed E-state index contributed by atoms with van der Waals surface area (Å²) in [7, 11) is -3.60. The fourth-order valence-corrected chi connectivity index (χ4v) is 3.28. The van der Waals surface area contributed by atoms with Crippen LogP contribution in [0.4, 0.5) is 8.78 Å². The highest BCUT2D eigenvalue weighted by Gasteiger charge is 2.22. The standard InChI is InChI=1S/C18H19F2NO3S/c1-12(2)25(23,24)15-7-8-17(20)16(11-15)18(22)21-10-9-13-3-5-14(19)6-4-13/h3-8,11-12H,9-10H2,1-2H3,(H,21,22). The minimum atomic E-state index is -3.60. The second-order valence-electron chi connectivity index (χ2n) is 5.87. The van der Waals surface area contributed by atoms with Crippen molar-refractivity contribution in [1.29, 1.82) is 0 Å². The van der Waals surface area contributed by atoms with Gasteiger partial charge in [0.05, 0.1) is 15.7 Å². The lowest BCUT2D eigenvalue weighted by atomic mass is 10.1. The molecule has 0 fully saturated rings. The van der Waals surface area contributed by atoms with Gasteiger partial charge in [0.1, 0.15) is 11.6 Å². The Morgan fingerprint density at radius 2 is 1.72 bits per heavy atom. The van der Waals surface area contributed by atoms with Gasteiger partial charge in [0.25, 0.3) is 5.91 Å². The SMILES string of the molecule is CC(C)S(=O)(=O)c1ccc(F)c(C(=O)NCCc2ccc(F)cc2)c1. The van der Waals surface area contributed by atoms with Crippen LogP contribution in [-0.2, 0) is 16.3 Å². The van der Waals surface area contributed by atoms with Gasteiger partial charge in [0.15, 0.2) is 9.84 Å². The Balaban J connectivity index is 2.09. The molecule has 25 heavy (non-hydrogen) atoms. The molecule has 0 aliphatic rings. The third-order valence-electron chi connectivity index (χ3n) is 3.74. The zero-order valence-electron chi connectivity index (χ0n) is 13.9. The molecule has 2 rings (SSSR count). The van der Waals surface area contributed by atoms with Crippen LogP contribution in [0.1, 0.15) is 29.8 Å². The van der Waals surface area contributed by atoms with Gasteiger partial charge in [0, 0.05) is 6.54 Å². The van der Waals surface area contributed by atoms with E-state index in [1.807, 2.05) is 0 Å². The number of halogens is 2. The van der Waals surface area contributed by atoms with Gasteiger partial charge in [-0.15, -0.1) is 0 Å². The maximum Gasteiger partial charge on any atom is 0.254 e. The Morgan fingerprint density at radius 3 is 2.32 bits per heavy atom. The van der Waals surface area contributed by atoms with Crippen molar-refractivity contribution in [2.45, 2.75) is 30.4 Å². The number of hydrogen-bond donors (Lipinski definition) is 1. The van der Waals surface area contributed by atoms with Gasteiger partial charge in [-0.1, -0.05) is 12.1 Å². The van der Waals surface area contributed by atoms with Crippen LogP contribution in [0, 0.1) is 11.6 Å². The summed E-state index contributed by atoms with van der Waals surface area (Å²) in [6, 6.07) is 9.01. The average molecular weight is 367 g/mol. The van der Waals surface area contributed by atoms with Crippen LogP contribution in [0.25, 0.3) is 0 Å². The van der Waals surface area contributed by atoms with E-state index in [0.717, 1.165) is 23.8 Å². The fourth-order valence-electron chi connectivity index (χ4n) is 2.19. The van der Waals surface area contributed by atoms with Crippen molar-refractivity contribution in [2.75, 3.05) is 6.54 Å². The van der Waals surface area contributed by atoms with Gasteiger partial charge >= 0.3 is 0 Å². The Kier molecular flexibility index (Phi) is 5.89. The zero-order chi connectivity index (χ0) is 18.6. The van der Waals surface area contributed by atoms with E-state index in [1.54, 1.807) is 12.1 Å². The summed E-state index contributed by atoms with van der Waals surface area (Å²) in [4.78, 5) is 12.1. The van der Waals surface area contributed by atoms with Crippen molar-refractivity contribution in [2.24, 2.45) is 0 Å². The normalized spacial score (nSPS) is 11.6. The monoisotopic (exact) mass is 367 g/mol. The van der Waals surface area contributed by atoms with Crippen molar-refractivity contribution < 1.29 is 22.0 Å². The minimum Gasteiger partial charge on any atom is -0.352 e. The van der Waals surface area contributed by atoms with Crippen LogP contribution in [0.2, 0.25) is 0 Å². The van der Waals surface area contributed by atoms with E-state index < -0.39 is 26.8 Å². The molecule has 0 radical (unpaired) electrons. The number of benzene rings is 2. The van der Waals surface area contributed by atoms with Crippen LogP contribution in [0.3, 0.4) is 0 Å². The number of rotatable bonds is 6. The first-order valence-electron chi connectivity index (χ1n) is 7.78. The predicted molar refractivity (Wildman–Crippen MR) is 91.2 cm³/mol. The number of amides is 1. The Bertz CT molecular complexity index is 862. The van der Waals surface area contributed by atoms with Gasteiger partial charge in [-0.25, -0.2) is 17.2 Å². The largest absolute Gasteiger partial charge is 0.352 e. The summed E-state index contributed by atoms with van der Waals surface area (Å²) in [5.41, 5.74) is 0.499. The molecule has 0 aliphatic carbocycles. The van der Waals surface area contributed by atoms with E-state index in [1.165, 1.54) is 26.0 Å². The van der Waals surface area contributed by atoms with Gasteiger partial charge < -0.3 is 5.32 Å². The summed E-state index contributed by atoms with van der Waals surface area (Å²) < 4.78 is 51.1. The topological polar surface area (TPSA) is 63.2 Å². The maximum atomic E-state index is 13.9. The van der Waals surface area contributed by atoms with Crippen molar-refractivity contribution in [3.8, 4) is 0 Å².